The number of carbonyl (C=O) groups excluding carboxylic acids is 2. The quantitative estimate of drug-likeness (QED) is 0.665. The maximum atomic E-state index is 13.0. The minimum absolute atomic E-state index is 0.110. The van der Waals surface area contributed by atoms with E-state index < -0.39 is 22.0 Å². The second kappa shape index (κ2) is 10.1. The van der Waals surface area contributed by atoms with Gasteiger partial charge in [0.2, 0.25) is 21.8 Å². The first-order valence-corrected chi connectivity index (χ1v) is 11.5. The molecule has 0 spiro atoms. The van der Waals surface area contributed by atoms with Gasteiger partial charge < -0.3 is 15.4 Å². The van der Waals surface area contributed by atoms with Crippen molar-refractivity contribution < 1.29 is 22.7 Å². The van der Waals surface area contributed by atoms with Crippen LogP contribution in [0.1, 0.15) is 47.0 Å². The molecule has 162 valence electrons. The Bertz CT molecular complexity index is 833. The summed E-state index contributed by atoms with van der Waals surface area (Å²) >= 11 is 0. The van der Waals surface area contributed by atoms with Gasteiger partial charge in [-0.1, -0.05) is 20.3 Å². The average Bonchev–Trinajstić information content (AvgIpc) is 2.67. The highest BCUT2D eigenvalue weighted by Crippen LogP contribution is 2.30. The second-order valence-electron chi connectivity index (χ2n) is 7.47. The zero-order valence-corrected chi connectivity index (χ0v) is 18.3. The summed E-state index contributed by atoms with van der Waals surface area (Å²) in [4.78, 5) is 24.3. The van der Waals surface area contributed by atoms with Crippen LogP contribution >= 0.6 is 0 Å². The zero-order valence-electron chi connectivity index (χ0n) is 17.5. The highest BCUT2D eigenvalue weighted by atomic mass is 32.2. The van der Waals surface area contributed by atoms with E-state index in [-0.39, 0.29) is 22.4 Å². The lowest BCUT2D eigenvalue weighted by atomic mass is 10.0. The Kier molecular flexibility index (Phi) is 8.04. The number of rotatable bonds is 8. The first kappa shape index (κ1) is 23.2. The van der Waals surface area contributed by atoms with Gasteiger partial charge in [-0.2, -0.15) is 4.31 Å². The SMILES string of the molecule is CCOc1ccc(S(=O)(=O)N2CCCCC2)cc1NC(=O)C(NC(C)=O)C(C)C. The van der Waals surface area contributed by atoms with Gasteiger partial charge in [-0.3, -0.25) is 9.59 Å². The van der Waals surface area contributed by atoms with Crippen LogP contribution in [0.4, 0.5) is 5.69 Å². The van der Waals surface area contributed by atoms with Crippen molar-refractivity contribution in [3.8, 4) is 5.75 Å². The van der Waals surface area contributed by atoms with E-state index in [1.165, 1.54) is 23.4 Å². The highest BCUT2D eigenvalue weighted by molar-refractivity contribution is 7.89. The number of nitrogens with zero attached hydrogens (tertiary/aromatic N) is 1. The lowest BCUT2D eigenvalue weighted by Crippen LogP contribution is -2.46. The summed E-state index contributed by atoms with van der Waals surface area (Å²) in [5.74, 6) is -0.507. The van der Waals surface area contributed by atoms with E-state index in [4.69, 9.17) is 4.74 Å². The molecule has 1 unspecified atom stereocenters. The molecule has 1 aliphatic heterocycles. The minimum atomic E-state index is -3.65. The molecular weight excluding hydrogens is 394 g/mol. The van der Waals surface area contributed by atoms with Crippen molar-refractivity contribution in [1.29, 1.82) is 0 Å². The molecule has 2 N–H and O–H groups in total. The average molecular weight is 426 g/mol. The molecule has 1 atom stereocenters. The van der Waals surface area contributed by atoms with Crippen LogP contribution in [0.25, 0.3) is 0 Å². The zero-order chi connectivity index (χ0) is 21.6. The molecule has 1 aromatic rings. The van der Waals surface area contributed by atoms with Gasteiger partial charge in [0.1, 0.15) is 11.8 Å². The van der Waals surface area contributed by atoms with E-state index in [9.17, 15) is 18.0 Å². The van der Waals surface area contributed by atoms with Gasteiger partial charge in [0.05, 0.1) is 17.2 Å². The lowest BCUT2D eigenvalue weighted by molar-refractivity contribution is -0.126. The van der Waals surface area contributed by atoms with Crippen molar-refractivity contribution in [2.45, 2.75) is 57.9 Å². The molecule has 0 aromatic heterocycles. The molecule has 1 saturated heterocycles. The van der Waals surface area contributed by atoms with Crippen LogP contribution in [0, 0.1) is 5.92 Å². The summed E-state index contributed by atoms with van der Waals surface area (Å²) in [7, 11) is -3.65. The van der Waals surface area contributed by atoms with Gasteiger partial charge >= 0.3 is 0 Å². The number of piperidine rings is 1. The second-order valence-corrected chi connectivity index (χ2v) is 9.41. The molecular formula is C20H31N3O5S. The van der Waals surface area contributed by atoms with Gasteiger partial charge in [0.15, 0.2) is 0 Å². The summed E-state index contributed by atoms with van der Waals surface area (Å²) in [5, 5.41) is 5.37. The largest absolute Gasteiger partial charge is 0.492 e. The number of ether oxygens (including phenoxy) is 1. The molecule has 2 amide bonds. The van der Waals surface area contributed by atoms with Gasteiger partial charge in [-0.15, -0.1) is 0 Å². The predicted octanol–water partition coefficient (Wildman–Crippen LogP) is 2.36. The normalized spacial score (nSPS) is 16.3. The molecule has 2 rings (SSSR count). The van der Waals surface area contributed by atoms with Crippen LogP contribution in [0.3, 0.4) is 0 Å². The first-order chi connectivity index (χ1) is 13.7. The Morgan fingerprint density at radius 2 is 1.83 bits per heavy atom. The predicted molar refractivity (Wildman–Crippen MR) is 111 cm³/mol. The molecule has 0 bridgehead atoms. The van der Waals surface area contributed by atoms with Crippen molar-refractivity contribution in [1.82, 2.24) is 9.62 Å². The maximum Gasteiger partial charge on any atom is 0.247 e. The molecule has 1 aromatic carbocycles. The Hall–Kier alpha value is -2.13. The molecule has 0 radical (unpaired) electrons. The summed E-state index contributed by atoms with van der Waals surface area (Å²) in [6.07, 6.45) is 2.70. The summed E-state index contributed by atoms with van der Waals surface area (Å²) in [6.45, 7) is 8.14. The number of hydrogen-bond acceptors (Lipinski definition) is 5. The van der Waals surface area contributed by atoms with E-state index in [1.54, 1.807) is 13.0 Å². The van der Waals surface area contributed by atoms with Crippen LogP contribution in [0.15, 0.2) is 23.1 Å². The van der Waals surface area contributed by atoms with E-state index >= 15 is 0 Å². The van der Waals surface area contributed by atoms with Crippen LogP contribution < -0.4 is 15.4 Å². The monoisotopic (exact) mass is 425 g/mol. The van der Waals surface area contributed by atoms with Gasteiger partial charge in [0.25, 0.3) is 0 Å². The lowest BCUT2D eigenvalue weighted by Gasteiger charge is -2.26. The number of carbonyl (C=O) groups is 2. The third-order valence-corrected chi connectivity index (χ3v) is 6.66. The van der Waals surface area contributed by atoms with Gasteiger partial charge in [-0.25, -0.2) is 8.42 Å². The minimum Gasteiger partial charge on any atom is -0.492 e. The van der Waals surface area contributed by atoms with E-state index in [1.807, 2.05) is 13.8 Å². The first-order valence-electron chi connectivity index (χ1n) is 10.0. The molecule has 9 heteroatoms. The molecule has 1 fully saturated rings. The topological polar surface area (TPSA) is 105 Å². The number of nitrogens with one attached hydrogen (secondary N) is 2. The maximum absolute atomic E-state index is 13.0. The number of benzene rings is 1. The van der Waals surface area contributed by atoms with E-state index in [0.717, 1.165) is 19.3 Å². The van der Waals surface area contributed by atoms with Crippen LogP contribution in [-0.2, 0) is 19.6 Å². The van der Waals surface area contributed by atoms with Gasteiger partial charge in [-0.05, 0) is 43.9 Å². The van der Waals surface area contributed by atoms with Crippen molar-refractivity contribution >= 4 is 27.5 Å². The number of sulfonamides is 1. The molecule has 1 heterocycles. The summed E-state index contributed by atoms with van der Waals surface area (Å²) < 4.78 is 33.0. The third-order valence-electron chi connectivity index (χ3n) is 4.77. The molecule has 29 heavy (non-hydrogen) atoms. The van der Waals surface area contributed by atoms with Gasteiger partial charge in [0, 0.05) is 20.0 Å². The van der Waals surface area contributed by atoms with Crippen LogP contribution in [0.2, 0.25) is 0 Å². The smallest absolute Gasteiger partial charge is 0.247 e. The molecule has 0 saturated carbocycles. The third kappa shape index (κ3) is 5.93. The van der Waals surface area contributed by atoms with Crippen molar-refractivity contribution in [3.05, 3.63) is 18.2 Å². The van der Waals surface area contributed by atoms with Crippen molar-refractivity contribution in [2.75, 3.05) is 25.0 Å². The number of anilines is 1. The van der Waals surface area contributed by atoms with Crippen molar-refractivity contribution in [2.24, 2.45) is 5.92 Å². The van der Waals surface area contributed by atoms with Crippen LogP contribution in [-0.4, -0.2) is 50.3 Å². The fourth-order valence-corrected chi connectivity index (χ4v) is 4.81. The molecule has 8 nitrogen and oxygen atoms in total. The molecule has 1 aliphatic rings. The fourth-order valence-electron chi connectivity index (χ4n) is 3.27. The Balaban J connectivity index is 2.34. The van der Waals surface area contributed by atoms with E-state index in [2.05, 4.69) is 10.6 Å². The van der Waals surface area contributed by atoms with Crippen molar-refractivity contribution in [3.63, 3.8) is 0 Å². The van der Waals surface area contributed by atoms with E-state index in [0.29, 0.717) is 25.4 Å². The van der Waals surface area contributed by atoms with Crippen LogP contribution in [0.5, 0.6) is 5.75 Å². The Morgan fingerprint density at radius 1 is 1.17 bits per heavy atom. The standard InChI is InChI=1S/C20H31N3O5S/c1-5-28-18-10-9-16(29(26,27)23-11-7-6-8-12-23)13-17(18)22-20(25)19(14(2)3)21-15(4)24/h9-10,13-14,19H,5-8,11-12H2,1-4H3,(H,21,24)(H,22,25). The highest BCUT2D eigenvalue weighted by Gasteiger charge is 2.28. The summed E-state index contributed by atoms with van der Waals surface area (Å²) in [5.41, 5.74) is 0.269. The summed E-state index contributed by atoms with van der Waals surface area (Å²) in [6, 6.07) is 3.74. The molecule has 0 aliphatic carbocycles. The Morgan fingerprint density at radius 3 is 2.38 bits per heavy atom. The Labute approximate surface area is 173 Å². The number of hydrogen-bond donors (Lipinski definition) is 2. The number of amides is 2. The fraction of sp³-hybridized carbons (Fsp3) is 0.600.